The number of hydrogen-bond donors (Lipinski definition) is 2. The summed E-state index contributed by atoms with van der Waals surface area (Å²) in [4.78, 5) is 28.5. The van der Waals surface area contributed by atoms with Crippen molar-refractivity contribution in [2.75, 3.05) is 49.1 Å². The third kappa shape index (κ3) is 19.5. The second-order valence-electron chi connectivity index (χ2n) is 18.3. The van der Waals surface area contributed by atoms with Gasteiger partial charge in [-0.25, -0.2) is 4.79 Å². The van der Waals surface area contributed by atoms with Crippen LogP contribution in [-0.2, 0) is 42.7 Å². The van der Waals surface area contributed by atoms with E-state index in [0.29, 0.717) is 25.2 Å². The zero-order chi connectivity index (χ0) is 45.6. The van der Waals surface area contributed by atoms with Crippen LogP contribution in [0.4, 0.5) is 0 Å². The summed E-state index contributed by atoms with van der Waals surface area (Å²) >= 11 is 0. The van der Waals surface area contributed by atoms with E-state index in [0.717, 1.165) is 50.5 Å². The molecule has 2 unspecified atom stereocenters. The molecule has 1 saturated heterocycles. The highest BCUT2D eigenvalue weighted by atomic mass is 16.6. The van der Waals surface area contributed by atoms with Gasteiger partial charge in [0.1, 0.15) is 18.2 Å². The average molecular weight is 864 g/mol. The molecule has 61 heavy (non-hydrogen) atoms. The van der Waals surface area contributed by atoms with E-state index in [1.807, 2.05) is 45.9 Å². The monoisotopic (exact) mass is 864 g/mol. The van der Waals surface area contributed by atoms with Crippen LogP contribution in [0.25, 0.3) is 0 Å². The van der Waals surface area contributed by atoms with Gasteiger partial charge in [0.05, 0.1) is 49.3 Å². The minimum absolute atomic E-state index is 0.0592. The molecule has 0 aliphatic carbocycles. The van der Waals surface area contributed by atoms with Crippen molar-refractivity contribution in [2.24, 2.45) is 29.6 Å². The van der Waals surface area contributed by atoms with Crippen LogP contribution in [0, 0.1) is 29.6 Å². The Bertz CT molecular complexity index is 1370. The second kappa shape index (κ2) is 29.1. The van der Waals surface area contributed by atoms with E-state index < -0.39 is 48.3 Å². The van der Waals surface area contributed by atoms with Crippen LogP contribution < -0.4 is 0 Å². The number of nitrogens with zero attached hydrogens (tertiary/aromatic N) is 1. The largest absolute Gasteiger partial charge is 0.460 e. The van der Waals surface area contributed by atoms with E-state index in [1.54, 1.807) is 59.6 Å². The molecule has 2 aliphatic rings. The van der Waals surface area contributed by atoms with E-state index in [2.05, 4.69) is 26.8 Å². The summed E-state index contributed by atoms with van der Waals surface area (Å²) in [6.45, 7) is 14.4. The lowest BCUT2D eigenvalue weighted by Gasteiger charge is -2.35. The number of carbonyl (C=O) groups is 2. The van der Waals surface area contributed by atoms with Crippen LogP contribution in [-0.4, -0.2) is 137 Å². The fourth-order valence-electron chi connectivity index (χ4n) is 8.59. The second-order valence-corrected chi connectivity index (χ2v) is 18.3. The van der Waals surface area contributed by atoms with Crippen LogP contribution in [0.3, 0.4) is 0 Å². The molecule has 352 valence electrons. The van der Waals surface area contributed by atoms with E-state index in [1.165, 1.54) is 6.08 Å². The molecule has 0 bridgehead atoms. The van der Waals surface area contributed by atoms with E-state index >= 15 is 0 Å². The minimum atomic E-state index is -0.757. The highest BCUT2D eigenvalue weighted by molar-refractivity contribution is 5.82. The molecule has 2 aliphatic heterocycles. The molecule has 0 spiro atoms. The molecule has 0 saturated carbocycles. The summed E-state index contributed by atoms with van der Waals surface area (Å²) in [5.74, 6) is -1.56. The first-order valence-electron chi connectivity index (χ1n) is 22.8. The number of esters is 2. The van der Waals surface area contributed by atoms with Gasteiger partial charge in [0.15, 0.2) is 0 Å². The number of aliphatic hydroxyl groups is 2. The van der Waals surface area contributed by atoms with Gasteiger partial charge in [0.2, 0.25) is 0 Å². The maximum absolute atomic E-state index is 13.4. The van der Waals surface area contributed by atoms with Gasteiger partial charge in [-0.2, -0.15) is 0 Å². The normalized spacial score (nSPS) is 35.3. The number of carbonyl (C=O) groups excluding carboxylic acids is 2. The molecule has 12 nitrogen and oxygen atoms in total. The maximum Gasteiger partial charge on any atom is 0.331 e. The molecule has 1 fully saturated rings. The van der Waals surface area contributed by atoms with Crippen molar-refractivity contribution < 1.29 is 53.0 Å². The molecule has 0 amide bonds. The van der Waals surface area contributed by atoms with Gasteiger partial charge in [-0.05, 0) is 103 Å². The molecule has 2 heterocycles. The molecular weight excluding hydrogens is 779 g/mol. The van der Waals surface area contributed by atoms with Gasteiger partial charge in [0.25, 0.3) is 0 Å². The van der Waals surface area contributed by atoms with Crippen molar-refractivity contribution in [2.45, 2.75) is 174 Å². The zero-order valence-corrected chi connectivity index (χ0v) is 40.0. The van der Waals surface area contributed by atoms with Gasteiger partial charge in [0, 0.05) is 59.2 Å². The minimum Gasteiger partial charge on any atom is -0.460 e. The van der Waals surface area contributed by atoms with Crippen molar-refractivity contribution >= 4 is 11.9 Å². The lowest BCUT2D eigenvalue weighted by molar-refractivity contribution is -0.161. The predicted octanol–water partition coefficient (Wildman–Crippen LogP) is 7.65. The van der Waals surface area contributed by atoms with E-state index in [4.69, 9.17) is 33.2 Å². The Morgan fingerprint density at radius 2 is 1.66 bits per heavy atom. The molecule has 0 radical (unpaired) electrons. The Balaban J connectivity index is 2.40. The SMILES string of the molecule is COCC(C(=O)OC1C/C=C/C=C/C(=O)O[C@H]([C@@H](C)[C@@H](O)[C@@H](C)CC[C@H]2C[C@H](OC)C[C@H](C)O2)C/C=C/[C@H](OC)C[C@H](C)C/C=C(\C)[C@@H](OC)CC[C@@H](C)[C@@H](O)[C@@H]1C)N(C)C. The van der Waals surface area contributed by atoms with Gasteiger partial charge in [-0.15, -0.1) is 0 Å². The smallest absolute Gasteiger partial charge is 0.331 e. The molecule has 2 rings (SSSR count). The predicted molar refractivity (Wildman–Crippen MR) is 241 cm³/mol. The number of aliphatic hydroxyl groups excluding tert-OH is 2. The summed E-state index contributed by atoms with van der Waals surface area (Å²) in [7, 11) is 10.3. The Morgan fingerprint density at radius 3 is 2.30 bits per heavy atom. The highest BCUT2D eigenvalue weighted by Crippen LogP contribution is 2.30. The van der Waals surface area contributed by atoms with Gasteiger partial charge in [-0.1, -0.05) is 71.1 Å². The number of methoxy groups -OCH3 is 4. The number of allylic oxidation sites excluding steroid dienone is 3. The van der Waals surface area contributed by atoms with Crippen LogP contribution >= 0.6 is 0 Å². The summed E-state index contributed by atoms with van der Waals surface area (Å²) in [6.07, 6.45) is 17.3. The van der Waals surface area contributed by atoms with Crippen LogP contribution in [0.2, 0.25) is 0 Å². The lowest BCUT2D eigenvalue weighted by atomic mass is 9.84. The molecule has 15 atom stereocenters. The number of rotatable bonds is 14. The first-order valence-corrected chi connectivity index (χ1v) is 22.8. The number of cyclic esters (lactones) is 1. The van der Waals surface area contributed by atoms with E-state index in [9.17, 15) is 19.8 Å². The van der Waals surface area contributed by atoms with Crippen molar-refractivity contribution in [3.63, 3.8) is 0 Å². The quantitative estimate of drug-likeness (QED) is 0.131. The van der Waals surface area contributed by atoms with Crippen molar-refractivity contribution in [1.82, 2.24) is 4.90 Å². The first-order chi connectivity index (χ1) is 28.9. The number of ether oxygens (including phenoxy) is 7. The maximum atomic E-state index is 13.4. The summed E-state index contributed by atoms with van der Waals surface area (Å²) in [6, 6.07) is -0.612. The van der Waals surface area contributed by atoms with Gasteiger partial charge in [-0.3, -0.25) is 9.69 Å². The molecular formula is C49H85NO11. The lowest BCUT2D eigenvalue weighted by Crippen LogP contribution is -2.44. The number of hydrogen-bond acceptors (Lipinski definition) is 12. The fraction of sp³-hybridized carbons (Fsp3) is 0.796. The van der Waals surface area contributed by atoms with E-state index in [-0.39, 0.29) is 54.9 Å². The number of likely N-dealkylation sites (N-methyl/N-ethyl adjacent to an activating group) is 1. The molecule has 12 heteroatoms. The third-order valence-electron chi connectivity index (χ3n) is 13.0. The standard InChI is InChI=1S/C49H85NO11/c1-32-22-23-33(2)43(58-13)27-25-35(4)48(53)38(7)45(61-49(54)42(31-55-10)50(8)9)19-15-14-16-21-46(51)60-44(20-17-18-39(28-32)56-11)37(6)47(52)34(3)24-26-40-30-41(57-12)29-36(5)59-40/h14-18,21,23,32,34-45,47-48,52-53H,19-20,22,24-31H2,1-13H3/b15-14+,18-17+,21-16+,33-23+/t32-,34+,35-,36+,37-,38-,39+,40+,41-,42?,43+,44+,45?,47+,48-/m1/s1. The Hall–Kier alpha value is -2.42. The molecule has 0 aromatic carbocycles. The summed E-state index contributed by atoms with van der Waals surface area (Å²) in [5.41, 5.74) is 1.15. The zero-order valence-electron chi connectivity index (χ0n) is 40.0. The summed E-state index contributed by atoms with van der Waals surface area (Å²) < 4.78 is 41.1. The summed E-state index contributed by atoms with van der Waals surface area (Å²) in [5, 5.41) is 23.3. The Kier molecular flexibility index (Phi) is 26.1. The van der Waals surface area contributed by atoms with Crippen molar-refractivity contribution in [3.8, 4) is 0 Å². The van der Waals surface area contributed by atoms with Crippen molar-refractivity contribution in [3.05, 3.63) is 48.1 Å². The Morgan fingerprint density at radius 1 is 0.934 bits per heavy atom. The third-order valence-corrected chi connectivity index (χ3v) is 13.0. The molecule has 2 N–H and O–H groups in total. The van der Waals surface area contributed by atoms with Crippen LogP contribution in [0.15, 0.2) is 48.1 Å². The fourth-order valence-corrected chi connectivity index (χ4v) is 8.59. The van der Waals surface area contributed by atoms with Crippen molar-refractivity contribution in [1.29, 1.82) is 0 Å². The average Bonchev–Trinajstić information content (AvgIpc) is 3.23. The molecule has 0 aromatic heterocycles. The Labute approximate surface area is 369 Å². The van der Waals surface area contributed by atoms with Crippen LogP contribution in [0.5, 0.6) is 0 Å². The van der Waals surface area contributed by atoms with Crippen LogP contribution in [0.1, 0.15) is 113 Å². The van der Waals surface area contributed by atoms with Gasteiger partial charge < -0.3 is 43.4 Å². The topological polar surface area (TPSA) is 142 Å². The first kappa shape index (κ1) is 54.7. The van der Waals surface area contributed by atoms with Gasteiger partial charge >= 0.3 is 11.9 Å². The molecule has 0 aromatic rings. The highest BCUT2D eigenvalue weighted by Gasteiger charge is 2.34.